The third-order valence-corrected chi connectivity index (χ3v) is 4.34. The van der Waals surface area contributed by atoms with Crippen LogP contribution in [0.4, 0.5) is 0 Å². The highest BCUT2D eigenvalue weighted by atomic mass is 16.2. The van der Waals surface area contributed by atoms with Crippen molar-refractivity contribution in [3.8, 4) is 5.82 Å². The van der Waals surface area contributed by atoms with Crippen molar-refractivity contribution in [3.63, 3.8) is 0 Å². The zero-order chi connectivity index (χ0) is 18.7. The molecule has 0 saturated carbocycles. The van der Waals surface area contributed by atoms with Gasteiger partial charge in [0.15, 0.2) is 5.82 Å². The monoisotopic (exact) mass is 351 g/mol. The molecule has 7 heteroatoms. The fourth-order valence-electron chi connectivity index (χ4n) is 2.91. The summed E-state index contributed by atoms with van der Waals surface area (Å²) in [6.45, 7) is 4.35. The molecule has 134 valence electrons. The number of hydrogen-bond donors (Lipinski definition) is 1. The van der Waals surface area contributed by atoms with Crippen LogP contribution in [0, 0.1) is 13.8 Å². The molecule has 0 aliphatic rings. The lowest BCUT2D eigenvalue weighted by Crippen LogP contribution is -2.33. The minimum Gasteiger partial charge on any atom is -0.352 e. The van der Waals surface area contributed by atoms with Crippen LogP contribution in [0.15, 0.2) is 47.5 Å². The quantitative estimate of drug-likeness (QED) is 0.756. The van der Waals surface area contributed by atoms with Crippen molar-refractivity contribution in [2.24, 2.45) is 7.05 Å². The summed E-state index contributed by atoms with van der Waals surface area (Å²) in [5.41, 5.74) is 2.80. The van der Waals surface area contributed by atoms with Crippen LogP contribution < -0.4 is 10.9 Å². The second-order valence-electron chi connectivity index (χ2n) is 6.09. The Bertz CT molecular complexity index is 989. The number of pyridine rings is 2. The average molecular weight is 351 g/mol. The lowest BCUT2D eigenvalue weighted by Gasteiger charge is -2.07. The Morgan fingerprint density at radius 2 is 2.00 bits per heavy atom. The van der Waals surface area contributed by atoms with Gasteiger partial charge < -0.3 is 9.88 Å². The number of nitrogens with one attached hydrogen (secondary N) is 1. The van der Waals surface area contributed by atoms with Gasteiger partial charge in [-0.2, -0.15) is 5.10 Å². The number of rotatable bonds is 5. The lowest BCUT2D eigenvalue weighted by molar-refractivity contribution is 0.0952. The molecule has 3 rings (SSSR count). The van der Waals surface area contributed by atoms with Crippen LogP contribution in [0.5, 0.6) is 0 Å². The van der Waals surface area contributed by atoms with Crippen molar-refractivity contribution < 1.29 is 4.79 Å². The molecule has 0 aliphatic carbocycles. The van der Waals surface area contributed by atoms with Crippen molar-refractivity contribution in [3.05, 3.63) is 75.6 Å². The van der Waals surface area contributed by atoms with Gasteiger partial charge in [0.1, 0.15) is 5.56 Å². The molecule has 26 heavy (non-hydrogen) atoms. The average Bonchev–Trinajstić information content (AvgIpc) is 2.92. The van der Waals surface area contributed by atoms with Gasteiger partial charge in [-0.3, -0.25) is 9.59 Å². The molecule has 0 atom stereocenters. The normalized spacial score (nSPS) is 10.7. The SMILES string of the molecule is Cc1nn(-c2ccccn2)c(C)c1CCNC(=O)c1cccn(C)c1=O. The van der Waals surface area contributed by atoms with Gasteiger partial charge in [0, 0.05) is 31.7 Å². The van der Waals surface area contributed by atoms with Gasteiger partial charge in [-0.05, 0) is 50.1 Å². The molecule has 7 nitrogen and oxygen atoms in total. The van der Waals surface area contributed by atoms with Gasteiger partial charge in [-0.1, -0.05) is 6.07 Å². The molecule has 3 aromatic rings. The van der Waals surface area contributed by atoms with Gasteiger partial charge in [0.05, 0.1) is 5.69 Å². The summed E-state index contributed by atoms with van der Waals surface area (Å²) in [5, 5.41) is 7.36. The molecular formula is C19H21N5O2. The summed E-state index contributed by atoms with van der Waals surface area (Å²) in [6.07, 6.45) is 3.98. The first-order valence-corrected chi connectivity index (χ1v) is 8.39. The predicted octanol–water partition coefficient (Wildman–Crippen LogP) is 1.56. The highest BCUT2D eigenvalue weighted by Crippen LogP contribution is 2.16. The summed E-state index contributed by atoms with van der Waals surface area (Å²) in [4.78, 5) is 28.6. The van der Waals surface area contributed by atoms with Crippen LogP contribution in [0.1, 0.15) is 27.3 Å². The Hall–Kier alpha value is -3.22. The second kappa shape index (κ2) is 7.35. The maximum absolute atomic E-state index is 12.2. The Balaban J connectivity index is 1.71. The molecule has 0 aromatic carbocycles. The van der Waals surface area contributed by atoms with Crippen molar-refractivity contribution in [1.29, 1.82) is 0 Å². The number of hydrogen-bond acceptors (Lipinski definition) is 4. The van der Waals surface area contributed by atoms with Gasteiger partial charge in [0.25, 0.3) is 11.5 Å². The first-order chi connectivity index (χ1) is 12.5. The molecule has 3 heterocycles. The first-order valence-electron chi connectivity index (χ1n) is 8.39. The third-order valence-electron chi connectivity index (χ3n) is 4.34. The minimum atomic E-state index is -0.362. The summed E-state index contributed by atoms with van der Waals surface area (Å²) in [5.74, 6) is 0.398. The van der Waals surface area contributed by atoms with E-state index < -0.39 is 0 Å². The molecule has 0 unspecified atom stereocenters. The Labute approximate surface area is 151 Å². The summed E-state index contributed by atoms with van der Waals surface area (Å²) in [7, 11) is 1.62. The van der Waals surface area contributed by atoms with Crippen LogP contribution in [0.2, 0.25) is 0 Å². The molecule has 0 aliphatic heterocycles. The molecule has 1 N–H and O–H groups in total. The fraction of sp³-hybridized carbons (Fsp3) is 0.263. The molecular weight excluding hydrogens is 330 g/mol. The molecule has 0 spiro atoms. The van der Waals surface area contributed by atoms with Gasteiger partial charge in [-0.25, -0.2) is 9.67 Å². The highest BCUT2D eigenvalue weighted by Gasteiger charge is 2.15. The second-order valence-corrected chi connectivity index (χ2v) is 6.09. The number of aryl methyl sites for hydroxylation is 2. The van der Waals surface area contributed by atoms with E-state index in [0.717, 1.165) is 22.8 Å². The smallest absolute Gasteiger partial charge is 0.263 e. The van der Waals surface area contributed by atoms with E-state index in [0.29, 0.717) is 13.0 Å². The van der Waals surface area contributed by atoms with E-state index in [4.69, 9.17) is 0 Å². The standard InChI is InChI=1S/C19H21N5O2/c1-13-15(14(2)24(22-13)17-8-4-5-10-20-17)9-11-21-18(25)16-7-6-12-23(3)19(16)26/h4-8,10,12H,9,11H2,1-3H3,(H,21,25). The topological polar surface area (TPSA) is 81.8 Å². The third kappa shape index (κ3) is 3.42. The predicted molar refractivity (Wildman–Crippen MR) is 98.6 cm³/mol. The molecule has 0 radical (unpaired) electrons. The van der Waals surface area contributed by atoms with Crippen LogP contribution in [0.3, 0.4) is 0 Å². The molecule has 0 saturated heterocycles. The van der Waals surface area contributed by atoms with Crippen molar-refractivity contribution >= 4 is 5.91 Å². The first kappa shape index (κ1) is 17.6. The van der Waals surface area contributed by atoms with E-state index in [1.165, 1.54) is 10.6 Å². The molecule has 0 fully saturated rings. The van der Waals surface area contributed by atoms with E-state index in [2.05, 4.69) is 15.4 Å². The number of aromatic nitrogens is 4. The van der Waals surface area contributed by atoms with Crippen LogP contribution >= 0.6 is 0 Å². The van der Waals surface area contributed by atoms with Gasteiger partial charge in [-0.15, -0.1) is 0 Å². The highest BCUT2D eigenvalue weighted by molar-refractivity contribution is 5.93. The number of carbonyl (C=O) groups excluding carboxylic acids is 1. The Morgan fingerprint density at radius 3 is 2.73 bits per heavy atom. The molecule has 0 bridgehead atoms. The Morgan fingerprint density at radius 1 is 1.19 bits per heavy atom. The maximum Gasteiger partial charge on any atom is 0.263 e. The molecule has 1 amide bonds. The number of nitrogens with zero attached hydrogens (tertiary/aromatic N) is 4. The van der Waals surface area contributed by atoms with Crippen LogP contribution in [0.25, 0.3) is 5.82 Å². The van der Waals surface area contributed by atoms with Crippen molar-refractivity contribution in [1.82, 2.24) is 24.6 Å². The number of carbonyl (C=O) groups is 1. The van der Waals surface area contributed by atoms with Crippen molar-refractivity contribution in [2.45, 2.75) is 20.3 Å². The van der Waals surface area contributed by atoms with Crippen molar-refractivity contribution in [2.75, 3.05) is 6.54 Å². The largest absolute Gasteiger partial charge is 0.352 e. The Kier molecular flexibility index (Phi) is 4.97. The van der Waals surface area contributed by atoms with E-state index in [1.54, 1.807) is 30.2 Å². The summed E-state index contributed by atoms with van der Waals surface area (Å²) >= 11 is 0. The van der Waals surface area contributed by atoms with E-state index >= 15 is 0 Å². The van der Waals surface area contributed by atoms with Crippen LogP contribution in [-0.2, 0) is 13.5 Å². The van der Waals surface area contributed by atoms with E-state index in [1.807, 2.05) is 32.0 Å². The maximum atomic E-state index is 12.2. The molecule has 3 aromatic heterocycles. The van der Waals surface area contributed by atoms with Crippen LogP contribution in [-0.4, -0.2) is 31.8 Å². The fourth-order valence-corrected chi connectivity index (χ4v) is 2.91. The van der Waals surface area contributed by atoms with E-state index in [9.17, 15) is 9.59 Å². The lowest BCUT2D eigenvalue weighted by atomic mass is 10.1. The van der Waals surface area contributed by atoms with Gasteiger partial charge in [0.2, 0.25) is 0 Å². The zero-order valence-corrected chi connectivity index (χ0v) is 15.1. The zero-order valence-electron chi connectivity index (χ0n) is 15.1. The summed E-state index contributed by atoms with van der Waals surface area (Å²) < 4.78 is 3.19. The summed E-state index contributed by atoms with van der Waals surface area (Å²) in [6, 6.07) is 8.89. The van der Waals surface area contributed by atoms with E-state index in [-0.39, 0.29) is 17.0 Å². The van der Waals surface area contributed by atoms with Gasteiger partial charge >= 0.3 is 0 Å². The number of amides is 1. The minimum absolute atomic E-state index is 0.146.